The van der Waals surface area contributed by atoms with E-state index in [1.54, 1.807) is 11.3 Å². The van der Waals surface area contributed by atoms with Crippen LogP contribution in [-0.4, -0.2) is 29.3 Å². The number of fused-ring (bicyclic) bond motifs is 1. The lowest BCUT2D eigenvalue weighted by molar-refractivity contribution is -0.108. The lowest BCUT2D eigenvalue weighted by Gasteiger charge is -2.36. The van der Waals surface area contributed by atoms with Gasteiger partial charge in [-0.3, -0.25) is 4.90 Å². The second-order valence-corrected chi connectivity index (χ2v) is 8.80. The number of benzene rings is 2. The van der Waals surface area contributed by atoms with Gasteiger partial charge in [0.05, 0.1) is 15.2 Å². The van der Waals surface area contributed by atoms with Crippen LogP contribution in [-0.2, 0) is 11.3 Å². The zero-order valence-electron chi connectivity index (χ0n) is 15.8. The van der Waals surface area contributed by atoms with Gasteiger partial charge >= 0.3 is 0 Å². The maximum atomic E-state index is 11.4. The molecule has 0 radical (unpaired) electrons. The van der Waals surface area contributed by atoms with Crippen molar-refractivity contribution in [1.29, 1.82) is 0 Å². The predicted octanol–water partition coefficient (Wildman–Crippen LogP) is 5.19. The van der Waals surface area contributed by atoms with Crippen molar-refractivity contribution < 1.29 is 4.79 Å². The highest BCUT2D eigenvalue weighted by Gasteiger charge is 2.27. The summed E-state index contributed by atoms with van der Waals surface area (Å²) in [6.07, 6.45) is 4.03. The quantitative estimate of drug-likeness (QED) is 0.554. The molecule has 3 aromatic rings. The van der Waals surface area contributed by atoms with Crippen molar-refractivity contribution in [1.82, 2.24) is 9.88 Å². The highest BCUT2D eigenvalue weighted by Crippen LogP contribution is 2.37. The molecule has 4 rings (SSSR count). The van der Waals surface area contributed by atoms with E-state index in [4.69, 9.17) is 0 Å². The van der Waals surface area contributed by atoms with Crippen molar-refractivity contribution in [2.24, 2.45) is 5.92 Å². The fourth-order valence-corrected chi connectivity index (χ4v) is 5.22. The number of thiazole rings is 1. The number of nitrogens with zero attached hydrogens (tertiary/aromatic N) is 2. The van der Waals surface area contributed by atoms with Crippen molar-refractivity contribution in [3.63, 3.8) is 0 Å². The highest BCUT2D eigenvalue weighted by molar-refractivity contribution is 7.18. The number of carbonyl (C=O) groups excluding carboxylic acids is 1. The second-order valence-electron chi connectivity index (χ2n) is 7.57. The second kappa shape index (κ2) is 8.32. The topological polar surface area (TPSA) is 33.2 Å². The minimum Gasteiger partial charge on any atom is -0.303 e. The Balaban J connectivity index is 1.45. The van der Waals surface area contributed by atoms with Gasteiger partial charge in [0.25, 0.3) is 0 Å². The van der Waals surface area contributed by atoms with E-state index >= 15 is 0 Å². The van der Waals surface area contributed by atoms with Gasteiger partial charge < -0.3 is 4.79 Å². The molecule has 2 heterocycles. The summed E-state index contributed by atoms with van der Waals surface area (Å²) < 4.78 is 1.24. The first-order valence-electron chi connectivity index (χ1n) is 9.80. The van der Waals surface area contributed by atoms with Crippen LogP contribution in [0.15, 0.2) is 48.5 Å². The third-order valence-corrected chi connectivity index (χ3v) is 6.68. The van der Waals surface area contributed by atoms with Crippen LogP contribution in [0.4, 0.5) is 0 Å². The lowest BCUT2D eigenvalue weighted by atomic mass is 9.78. The number of piperidine rings is 1. The molecule has 1 aliphatic heterocycles. The van der Waals surface area contributed by atoms with Gasteiger partial charge in [0.1, 0.15) is 6.29 Å². The van der Waals surface area contributed by atoms with E-state index in [2.05, 4.69) is 65.3 Å². The smallest absolute Gasteiger partial charge is 0.120 e. The lowest BCUT2D eigenvalue weighted by Crippen LogP contribution is -2.35. The van der Waals surface area contributed by atoms with Crippen molar-refractivity contribution in [2.75, 3.05) is 13.1 Å². The van der Waals surface area contributed by atoms with Crippen LogP contribution in [0.25, 0.3) is 10.2 Å². The molecule has 27 heavy (non-hydrogen) atoms. The summed E-state index contributed by atoms with van der Waals surface area (Å²) in [5, 5.41) is 1.10. The summed E-state index contributed by atoms with van der Waals surface area (Å²) in [6, 6.07) is 17.3. The maximum Gasteiger partial charge on any atom is 0.120 e. The maximum absolute atomic E-state index is 11.4. The Bertz CT molecular complexity index is 897. The fraction of sp³-hybridized carbons (Fsp3) is 0.391. The van der Waals surface area contributed by atoms with Crippen molar-refractivity contribution in [2.45, 2.75) is 38.6 Å². The molecule has 0 aliphatic carbocycles. The molecular formula is C23H26N2OS. The summed E-state index contributed by atoms with van der Waals surface area (Å²) >= 11 is 1.74. The number of aryl methyl sites for hydroxylation is 1. The molecule has 2 aromatic carbocycles. The molecule has 1 unspecified atom stereocenters. The summed E-state index contributed by atoms with van der Waals surface area (Å²) in [4.78, 5) is 18.5. The van der Waals surface area contributed by atoms with E-state index in [1.165, 1.54) is 15.8 Å². The van der Waals surface area contributed by atoms with Crippen LogP contribution in [0, 0.1) is 12.8 Å². The molecule has 4 heteroatoms. The number of likely N-dealkylation sites (tertiary alicyclic amines) is 1. The van der Waals surface area contributed by atoms with Crippen LogP contribution >= 0.6 is 11.3 Å². The normalized spacial score (nSPS) is 17.2. The average molecular weight is 379 g/mol. The van der Waals surface area contributed by atoms with Gasteiger partial charge in [-0.15, -0.1) is 11.3 Å². The average Bonchev–Trinajstić information content (AvgIpc) is 3.07. The van der Waals surface area contributed by atoms with Gasteiger partial charge in [-0.1, -0.05) is 36.4 Å². The van der Waals surface area contributed by atoms with Gasteiger partial charge in [-0.2, -0.15) is 0 Å². The van der Waals surface area contributed by atoms with Crippen LogP contribution < -0.4 is 0 Å². The molecule has 1 atom stereocenters. The SMILES string of the molecule is Cc1nc2ccc(C(CC=O)C3CCN(Cc4ccccc4)CC3)cc2s1. The zero-order chi connectivity index (χ0) is 18.6. The van der Waals surface area contributed by atoms with Crippen LogP contribution in [0.3, 0.4) is 0 Å². The van der Waals surface area contributed by atoms with E-state index in [9.17, 15) is 4.79 Å². The number of hydrogen-bond donors (Lipinski definition) is 0. The monoisotopic (exact) mass is 378 g/mol. The first kappa shape index (κ1) is 18.3. The number of rotatable bonds is 6. The molecule has 1 fully saturated rings. The first-order valence-corrected chi connectivity index (χ1v) is 10.6. The molecule has 1 aliphatic rings. The molecular weight excluding hydrogens is 352 g/mol. The molecule has 0 N–H and O–H groups in total. The minimum absolute atomic E-state index is 0.327. The summed E-state index contributed by atoms with van der Waals surface area (Å²) in [7, 11) is 0. The standard InChI is InChI=1S/C23H26N2OS/c1-17-24-22-8-7-20(15-23(22)27-17)21(11-14-26)19-9-12-25(13-10-19)16-18-5-3-2-4-6-18/h2-8,14-15,19,21H,9-13,16H2,1H3. The Morgan fingerprint density at radius 1 is 1.19 bits per heavy atom. The van der Waals surface area contributed by atoms with Crippen LogP contribution in [0.1, 0.15) is 41.3 Å². The van der Waals surface area contributed by atoms with Crippen molar-refractivity contribution in [3.8, 4) is 0 Å². The largest absolute Gasteiger partial charge is 0.303 e. The molecule has 0 bridgehead atoms. The zero-order valence-corrected chi connectivity index (χ0v) is 16.6. The van der Waals surface area contributed by atoms with Gasteiger partial charge in [0.15, 0.2) is 0 Å². The van der Waals surface area contributed by atoms with Gasteiger partial charge in [0.2, 0.25) is 0 Å². The summed E-state index contributed by atoms with van der Waals surface area (Å²) in [5.74, 6) is 0.905. The Labute approximate surface area is 165 Å². The van der Waals surface area contributed by atoms with Crippen LogP contribution in [0.2, 0.25) is 0 Å². The third kappa shape index (κ3) is 4.28. The van der Waals surface area contributed by atoms with Crippen molar-refractivity contribution >= 4 is 27.8 Å². The van der Waals surface area contributed by atoms with Gasteiger partial charge in [-0.05, 0) is 68.0 Å². The molecule has 1 saturated heterocycles. The predicted molar refractivity (Wildman–Crippen MR) is 112 cm³/mol. The van der Waals surface area contributed by atoms with E-state index < -0.39 is 0 Å². The van der Waals surface area contributed by atoms with Gasteiger partial charge in [-0.25, -0.2) is 4.98 Å². The fourth-order valence-electron chi connectivity index (χ4n) is 4.35. The summed E-state index contributed by atoms with van der Waals surface area (Å²) in [6.45, 7) is 5.29. The van der Waals surface area contributed by atoms with Crippen molar-refractivity contribution in [3.05, 3.63) is 64.7 Å². The molecule has 0 saturated carbocycles. The Kier molecular flexibility index (Phi) is 5.65. The van der Waals surface area contributed by atoms with E-state index in [1.807, 2.05) is 0 Å². The highest BCUT2D eigenvalue weighted by atomic mass is 32.1. The third-order valence-electron chi connectivity index (χ3n) is 5.75. The molecule has 0 amide bonds. The minimum atomic E-state index is 0.327. The summed E-state index contributed by atoms with van der Waals surface area (Å²) in [5.41, 5.74) is 3.76. The molecule has 1 aromatic heterocycles. The van der Waals surface area contributed by atoms with E-state index in [-0.39, 0.29) is 0 Å². The number of hydrogen-bond acceptors (Lipinski definition) is 4. The number of aldehydes is 1. The Morgan fingerprint density at radius 3 is 2.70 bits per heavy atom. The van der Waals surface area contributed by atoms with Crippen LogP contribution in [0.5, 0.6) is 0 Å². The van der Waals surface area contributed by atoms with E-state index in [0.717, 1.165) is 49.3 Å². The van der Waals surface area contributed by atoms with E-state index in [0.29, 0.717) is 18.3 Å². The Morgan fingerprint density at radius 2 is 1.96 bits per heavy atom. The molecule has 3 nitrogen and oxygen atoms in total. The molecule has 140 valence electrons. The Hall–Kier alpha value is -2.04. The molecule has 0 spiro atoms. The number of aromatic nitrogens is 1. The number of carbonyl (C=O) groups is 1. The first-order chi connectivity index (χ1) is 13.2. The van der Waals surface area contributed by atoms with Gasteiger partial charge in [0, 0.05) is 13.0 Å².